The largest absolute Gasteiger partial charge is 0.384 e. The highest BCUT2D eigenvalue weighted by molar-refractivity contribution is 5.88. The van der Waals surface area contributed by atoms with Gasteiger partial charge >= 0.3 is 0 Å². The van der Waals surface area contributed by atoms with Gasteiger partial charge in [0.15, 0.2) is 0 Å². The summed E-state index contributed by atoms with van der Waals surface area (Å²) in [6.45, 7) is 2.61. The molecule has 0 bridgehead atoms. The maximum Gasteiger partial charge on any atom is 0.229 e. The average molecular weight is 243 g/mol. The number of rotatable bonds is 4. The van der Waals surface area contributed by atoms with E-state index in [1.807, 2.05) is 31.2 Å². The number of benzene rings is 1. The first-order valence-electron chi connectivity index (χ1n) is 6.26. The molecule has 0 aliphatic carbocycles. The lowest BCUT2D eigenvalue weighted by Crippen LogP contribution is -2.38. The molecule has 0 fully saturated rings. The van der Waals surface area contributed by atoms with Crippen LogP contribution < -0.4 is 10.6 Å². The Balaban J connectivity index is 2.05. The van der Waals surface area contributed by atoms with Crippen LogP contribution >= 0.6 is 0 Å². The second-order valence-electron chi connectivity index (χ2n) is 4.50. The lowest BCUT2D eigenvalue weighted by Gasteiger charge is -2.17. The molecule has 1 aromatic carbocycles. The Kier molecular flexibility index (Phi) is 3.83. The standard InChI is InChI=1S/C14H17N3O/c1-2-10(7-8-15)17-14(18)12-9-16-13-6-4-3-5-11(12)13/h3-6,10,12,16H,2,7,9H2,1H3,(H,17,18). The second-order valence-corrected chi connectivity index (χ2v) is 4.50. The van der Waals surface area contributed by atoms with Crippen LogP contribution in [-0.4, -0.2) is 18.5 Å². The van der Waals surface area contributed by atoms with Crippen molar-refractivity contribution in [3.8, 4) is 6.07 Å². The molecule has 1 amide bonds. The first-order chi connectivity index (χ1) is 8.76. The Morgan fingerprint density at radius 2 is 2.39 bits per heavy atom. The molecular formula is C14H17N3O. The van der Waals surface area contributed by atoms with E-state index in [0.29, 0.717) is 13.0 Å². The number of nitriles is 1. The third kappa shape index (κ3) is 2.45. The van der Waals surface area contributed by atoms with E-state index in [1.54, 1.807) is 0 Å². The number of nitrogens with one attached hydrogen (secondary N) is 2. The van der Waals surface area contributed by atoms with Gasteiger partial charge in [0.25, 0.3) is 0 Å². The monoisotopic (exact) mass is 243 g/mol. The molecule has 2 rings (SSSR count). The lowest BCUT2D eigenvalue weighted by atomic mass is 9.99. The number of nitrogens with zero attached hydrogens (tertiary/aromatic N) is 1. The van der Waals surface area contributed by atoms with Crippen molar-refractivity contribution in [1.82, 2.24) is 5.32 Å². The molecule has 1 heterocycles. The minimum absolute atomic E-state index is 0.00884. The number of hydrogen-bond acceptors (Lipinski definition) is 3. The van der Waals surface area contributed by atoms with Gasteiger partial charge in [-0.05, 0) is 18.1 Å². The van der Waals surface area contributed by atoms with Crippen molar-refractivity contribution in [2.75, 3.05) is 11.9 Å². The first-order valence-corrected chi connectivity index (χ1v) is 6.26. The van der Waals surface area contributed by atoms with Gasteiger partial charge < -0.3 is 10.6 Å². The van der Waals surface area contributed by atoms with E-state index in [2.05, 4.69) is 16.7 Å². The molecule has 1 aliphatic heterocycles. The number of carbonyl (C=O) groups is 1. The number of amides is 1. The zero-order valence-electron chi connectivity index (χ0n) is 10.4. The fourth-order valence-corrected chi connectivity index (χ4v) is 2.23. The summed E-state index contributed by atoms with van der Waals surface area (Å²) >= 11 is 0. The minimum Gasteiger partial charge on any atom is -0.384 e. The Morgan fingerprint density at radius 1 is 1.61 bits per heavy atom. The van der Waals surface area contributed by atoms with Gasteiger partial charge in [0.05, 0.1) is 18.4 Å². The molecular weight excluding hydrogens is 226 g/mol. The number of hydrogen-bond donors (Lipinski definition) is 2. The summed E-state index contributed by atoms with van der Waals surface area (Å²) in [4.78, 5) is 12.2. The molecule has 0 aromatic heterocycles. The van der Waals surface area contributed by atoms with Gasteiger partial charge in [-0.2, -0.15) is 5.26 Å². The number of para-hydroxylation sites is 1. The molecule has 0 spiro atoms. The quantitative estimate of drug-likeness (QED) is 0.850. The van der Waals surface area contributed by atoms with Crippen molar-refractivity contribution in [2.45, 2.75) is 31.7 Å². The maximum atomic E-state index is 12.2. The summed E-state index contributed by atoms with van der Waals surface area (Å²) in [7, 11) is 0. The van der Waals surface area contributed by atoms with Gasteiger partial charge in [0, 0.05) is 18.3 Å². The zero-order valence-corrected chi connectivity index (χ0v) is 10.4. The summed E-state index contributed by atoms with van der Waals surface area (Å²) < 4.78 is 0. The molecule has 94 valence electrons. The van der Waals surface area contributed by atoms with Crippen molar-refractivity contribution in [2.24, 2.45) is 0 Å². The predicted molar refractivity (Wildman–Crippen MR) is 70.1 cm³/mol. The van der Waals surface area contributed by atoms with Gasteiger partial charge in [0.2, 0.25) is 5.91 Å². The molecule has 18 heavy (non-hydrogen) atoms. The van der Waals surface area contributed by atoms with Crippen LogP contribution in [0.25, 0.3) is 0 Å². The molecule has 2 atom stereocenters. The highest BCUT2D eigenvalue weighted by Gasteiger charge is 2.28. The molecule has 0 radical (unpaired) electrons. The molecule has 0 saturated heterocycles. The van der Waals surface area contributed by atoms with E-state index in [-0.39, 0.29) is 17.9 Å². The zero-order chi connectivity index (χ0) is 13.0. The fraction of sp³-hybridized carbons (Fsp3) is 0.429. The Hall–Kier alpha value is -2.02. The van der Waals surface area contributed by atoms with Crippen LogP contribution in [0.3, 0.4) is 0 Å². The third-order valence-corrected chi connectivity index (χ3v) is 3.33. The molecule has 2 unspecified atom stereocenters. The minimum atomic E-state index is -0.144. The SMILES string of the molecule is CCC(CC#N)NC(=O)C1CNc2ccccc21. The van der Waals surface area contributed by atoms with Crippen LogP contribution in [0, 0.1) is 11.3 Å². The van der Waals surface area contributed by atoms with Crippen LogP contribution in [0.15, 0.2) is 24.3 Å². The predicted octanol–water partition coefficient (Wildman–Crippen LogP) is 2.00. The maximum absolute atomic E-state index is 12.2. The van der Waals surface area contributed by atoms with E-state index in [0.717, 1.165) is 17.7 Å². The molecule has 4 heteroatoms. The van der Waals surface area contributed by atoms with Gasteiger partial charge in [-0.25, -0.2) is 0 Å². The first kappa shape index (κ1) is 12.4. The van der Waals surface area contributed by atoms with Crippen LogP contribution in [0.5, 0.6) is 0 Å². The molecule has 4 nitrogen and oxygen atoms in total. The molecule has 1 aromatic rings. The molecule has 1 aliphatic rings. The summed E-state index contributed by atoms with van der Waals surface area (Å²) in [6, 6.07) is 9.91. The van der Waals surface area contributed by atoms with Crippen molar-refractivity contribution in [3.63, 3.8) is 0 Å². The highest BCUT2D eigenvalue weighted by Crippen LogP contribution is 2.31. The van der Waals surface area contributed by atoms with Crippen LogP contribution in [-0.2, 0) is 4.79 Å². The summed E-state index contributed by atoms with van der Waals surface area (Å²) in [5, 5.41) is 14.9. The van der Waals surface area contributed by atoms with Crippen molar-refractivity contribution < 1.29 is 4.79 Å². The van der Waals surface area contributed by atoms with Gasteiger partial charge in [0.1, 0.15) is 0 Å². The smallest absolute Gasteiger partial charge is 0.229 e. The number of carbonyl (C=O) groups excluding carboxylic acids is 1. The Morgan fingerprint density at radius 3 is 3.11 bits per heavy atom. The van der Waals surface area contributed by atoms with Gasteiger partial charge in [-0.1, -0.05) is 25.1 Å². The average Bonchev–Trinajstić information content (AvgIpc) is 2.82. The Bertz CT molecular complexity index is 478. The van der Waals surface area contributed by atoms with Crippen LogP contribution in [0.4, 0.5) is 5.69 Å². The third-order valence-electron chi connectivity index (χ3n) is 3.33. The summed E-state index contributed by atoms with van der Waals surface area (Å²) in [5.41, 5.74) is 2.08. The van der Waals surface area contributed by atoms with Crippen molar-refractivity contribution >= 4 is 11.6 Å². The topological polar surface area (TPSA) is 64.9 Å². The van der Waals surface area contributed by atoms with E-state index < -0.39 is 0 Å². The van der Waals surface area contributed by atoms with E-state index in [4.69, 9.17) is 5.26 Å². The highest BCUT2D eigenvalue weighted by atomic mass is 16.2. The summed E-state index contributed by atoms with van der Waals surface area (Å²) in [5.74, 6) is -0.136. The van der Waals surface area contributed by atoms with Gasteiger partial charge in [-0.3, -0.25) is 4.79 Å². The fourth-order valence-electron chi connectivity index (χ4n) is 2.23. The van der Waals surface area contributed by atoms with E-state index in [1.165, 1.54) is 0 Å². The number of anilines is 1. The van der Waals surface area contributed by atoms with Crippen molar-refractivity contribution in [3.05, 3.63) is 29.8 Å². The Labute approximate surface area is 107 Å². The number of fused-ring (bicyclic) bond motifs is 1. The van der Waals surface area contributed by atoms with Crippen LogP contribution in [0.1, 0.15) is 31.2 Å². The van der Waals surface area contributed by atoms with Crippen LogP contribution in [0.2, 0.25) is 0 Å². The van der Waals surface area contributed by atoms with E-state index in [9.17, 15) is 4.79 Å². The van der Waals surface area contributed by atoms with Gasteiger partial charge in [-0.15, -0.1) is 0 Å². The second kappa shape index (κ2) is 5.54. The summed E-state index contributed by atoms with van der Waals surface area (Å²) in [6.07, 6.45) is 1.14. The normalized spacial score (nSPS) is 18.3. The molecule has 0 saturated carbocycles. The molecule has 2 N–H and O–H groups in total. The lowest BCUT2D eigenvalue weighted by molar-refractivity contribution is -0.122. The van der Waals surface area contributed by atoms with E-state index >= 15 is 0 Å². The van der Waals surface area contributed by atoms with Crippen molar-refractivity contribution in [1.29, 1.82) is 5.26 Å².